The zero-order chi connectivity index (χ0) is 19.7. The fourth-order valence-corrected chi connectivity index (χ4v) is 4.94. The minimum Gasteiger partial charge on any atom is -0.370 e. The first kappa shape index (κ1) is 17.6. The maximum atomic E-state index is 13.5. The number of halogens is 3. The summed E-state index contributed by atoms with van der Waals surface area (Å²) in [6.45, 7) is 3.65. The maximum Gasteiger partial charge on any atom is 0.416 e. The predicted molar refractivity (Wildman–Crippen MR) is 97.2 cm³/mol. The molecule has 5 rings (SSSR count). The zero-order valence-corrected chi connectivity index (χ0v) is 15.5. The van der Waals surface area contributed by atoms with E-state index in [1.54, 1.807) is 23.2 Å². The fourth-order valence-electron chi connectivity index (χ4n) is 4.94. The summed E-state index contributed by atoms with van der Waals surface area (Å²) in [4.78, 5) is 14.8. The highest BCUT2D eigenvalue weighted by Crippen LogP contribution is 2.61. The summed E-state index contributed by atoms with van der Waals surface area (Å²) in [5.74, 6) is 0.645. The Labute approximate surface area is 160 Å². The molecule has 1 saturated heterocycles. The molecule has 0 radical (unpaired) electrons. The molecule has 0 bridgehead atoms. The number of piperidine rings is 1. The largest absolute Gasteiger partial charge is 0.416 e. The van der Waals surface area contributed by atoms with Gasteiger partial charge in [0.2, 0.25) is 0 Å². The fraction of sp³-hybridized carbons (Fsp3) is 0.500. The molecule has 1 aromatic heterocycles. The molecule has 1 aromatic carbocycles. The molecule has 3 aliphatic rings. The molecule has 28 heavy (non-hydrogen) atoms. The van der Waals surface area contributed by atoms with Crippen molar-refractivity contribution in [1.29, 1.82) is 0 Å². The minimum absolute atomic E-state index is 0.0817. The Morgan fingerprint density at radius 2 is 2.11 bits per heavy atom. The van der Waals surface area contributed by atoms with E-state index in [0.29, 0.717) is 36.5 Å². The van der Waals surface area contributed by atoms with Crippen molar-refractivity contribution < 1.29 is 18.0 Å². The Hall–Kier alpha value is -2.51. The van der Waals surface area contributed by atoms with Gasteiger partial charge in [-0.3, -0.25) is 4.79 Å². The van der Waals surface area contributed by atoms with Crippen LogP contribution in [0.4, 0.5) is 19.0 Å². The van der Waals surface area contributed by atoms with Gasteiger partial charge in [0.1, 0.15) is 11.4 Å². The van der Waals surface area contributed by atoms with Crippen LogP contribution in [0.3, 0.4) is 0 Å². The Bertz CT molecular complexity index is 953. The molecule has 8 heteroatoms. The molecular weight excluding hydrogens is 369 g/mol. The molecule has 1 saturated carbocycles. The molecule has 3 unspecified atom stereocenters. The average molecular weight is 390 g/mol. The van der Waals surface area contributed by atoms with Gasteiger partial charge >= 0.3 is 6.18 Å². The monoisotopic (exact) mass is 390 g/mol. The van der Waals surface area contributed by atoms with E-state index in [9.17, 15) is 18.0 Å². The molecule has 148 valence electrons. The van der Waals surface area contributed by atoms with Crippen LogP contribution in [-0.2, 0) is 11.6 Å². The summed E-state index contributed by atoms with van der Waals surface area (Å²) in [6.07, 6.45) is -1.18. The average Bonchev–Trinajstić information content (AvgIpc) is 3.02. The van der Waals surface area contributed by atoms with Gasteiger partial charge in [0.25, 0.3) is 5.91 Å². The quantitative estimate of drug-likeness (QED) is 0.851. The highest BCUT2D eigenvalue weighted by Gasteiger charge is 2.63. The molecule has 2 fully saturated rings. The van der Waals surface area contributed by atoms with Crippen molar-refractivity contribution in [3.8, 4) is 0 Å². The third-order valence-electron chi connectivity index (χ3n) is 6.50. The molecular formula is C20H21F3N4O. The molecule has 5 nitrogen and oxygen atoms in total. The number of carbonyl (C=O) groups is 1. The lowest BCUT2D eigenvalue weighted by atomic mass is 9.90. The van der Waals surface area contributed by atoms with E-state index in [4.69, 9.17) is 0 Å². The molecule has 2 aromatic rings. The van der Waals surface area contributed by atoms with Gasteiger partial charge in [0, 0.05) is 25.0 Å². The highest BCUT2D eigenvalue weighted by atomic mass is 19.4. The first-order valence-electron chi connectivity index (χ1n) is 9.58. The van der Waals surface area contributed by atoms with E-state index in [2.05, 4.69) is 17.3 Å². The summed E-state index contributed by atoms with van der Waals surface area (Å²) >= 11 is 0. The molecule has 3 heterocycles. The third kappa shape index (κ3) is 2.46. The second-order valence-corrected chi connectivity index (χ2v) is 8.20. The summed E-state index contributed by atoms with van der Waals surface area (Å²) in [7, 11) is 0. The van der Waals surface area contributed by atoms with Gasteiger partial charge in [-0.15, -0.1) is 0 Å². The molecule has 1 aliphatic carbocycles. The number of alkyl halides is 3. The van der Waals surface area contributed by atoms with Crippen LogP contribution in [0.15, 0.2) is 30.5 Å². The first-order valence-corrected chi connectivity index (χ1v) is 9.58. The number of hydrogen-bond donors (Lipinski definition) is 1. The van der Waals surface area contributed by atoms with Crippen molar-refractivity contribution >= 4 is 11.7 Å². The lowest BCUT2D eigenvalue weighted by molar-refractivity contribution is -0.138. The number of nitrogens with one attached hydrogen (secondary N) is 1. The molecule has 1 N–H and O–H groups in total. The summed E-state index contributed by atoms with van der Waals surface area (Å²) < 4.78 is 42.3. The van der Waals surface area contributed by atoms with Gasteiger partial charge < -0.3 is 10.2 Å². The number of hydrogen-bond acceptors (Lipinski definition) is 3. The first-order chi connectivity index (χ1) is 13.3. The van der Waals surface area contributed by atoms with Crippen LogP contribution in [-0.4, -0.2) is 40.2 Å². The molecule has 0 spiro atoms. The summed E-state index contributed by atoms with van der Waals surface area (Å²) in [6, 6.07) is 6.00. The third-order valence-corrected chi connectivity index (χ3v) is 6.50. The van der Waals surface area contributed by atoms with Crippen molar-refractivity contribution in [1.82, 2.24) is 14.7 Å². The van der Waals surface area contributed by atoms with Gasteiger partial charge in [-0.2, -0.15) is 18.3 Å². The number of fused-ring (bicyclic) bond motifs is 2. The summed E-state index contributed by atoms with van der Waals surface area (Å²) in [5.41, 5.74) is -0.320. The Morgan fingerprint density at radius 1 is 1.32 bits per heavy atom. The van der Waals surface area contributed by atoms with E-state index >= 15 is 0 Å². The number of rotatable bonds is 2. The molecule has 1 amide bonds. The van der Waals surface area contributed by atoms with Crippen molar-refractivity contribution in [3.05, 3.63) is 47.2 Å². The van der Waals surface area contributed by atoms with Crippen molar-refractivity contribution in [2.24, 2.45) is 5.92 Å². The minimum atomic E-state index is -4.39. The number of benzene rings is 1. The zero-order valence-electron chi connectivity index (χ0n) is 15.5. The van der Waals surface area contributed by atoms with E-state index in [-0.39, 0.29) is 17.9 Å². The number of carbonyl (C=O) groups excluding carboxylic acids is 1. The summed E-state index contributed by atoms with van der Waals surface area (Å²) in [5, 5.41) is 7.58. The number of amides is 1. The molecule has 3 atom stereocenters. The van der Waals surface area contributed by atoms with Crippen molar-refractivity contribution in [2.75, 3.05) is 25.0 Å². The van der Waals surface area contributed by atoms with E-state index in [1.807, 2.05) is 4.68 Å². The Morgan fingerprint density at radius 3 is 2.89 bits per heavy atom. The normalized spacial score (nSPS) is 28.5. The van der Waals surface area contributed by atoms with Crippen LogP contribution < -0.4 is 5.32 Å². The van der Waals surface area contributed by atoms with Crippen molar-refractivity contribution in [3.63, 3.8) is 0 Å². The lowest BCUT2D eigenvalue weighted by Crippen LogP contribution is -2.34. The molecule has 2 aliphatic heterocycles. The Balaban J connectivity index is 1.43. The topological polar surface area (TPSA) is 50.2 Å². The second kappa shape index (κ2) is 5.75. The standard InChI is InChI=1S/C20H21F3N4O/c1-12-6-7-24-17-14(9-25-27(12)17)18(28)26-10-13-8-19(13,11-26)15-4-2-3-5-16(15)20(21,22)23/h2-5,9,12-13,24H,6-8,10-11H2,1H3. The van der Waals surface area contributed by atoms with Crippen LogP contribution in [0.5, 0.6) is 0 Å². The number of anilines is 1. The van der Waals surface area contributed by atoms with Crippen LogP contribution >= 0.6 is 0 Å². The van der Waals surface area contributed by atoms with E-state index in [0.717, 1.165) is 19.0 Å². The van der Waals surface area contributed by atoms with Crippen LogP contribution in [0.25, 0.3) is 0 Å². The lowest BCUT2D eigenvalue weighted by Gasteiger charge is -2.25. The highest BCUT2D eigenvalue weighted by molar-refractivity contribution is 5.99. The van der Waals surface area contributed by atoms with E-state index in [1.165, 1.54) is 6.07 Å². The Kier molecular flexibility index (Phi) is 3.61. The van der Waals surface area contributed by atoms with Gasteiger partial charge in [0.15, 0.2) is 0 Å². The smallest absolute Gasteiger partial charge is 0.370 e. The second-order valence-electron chi connectivity index (χ2n) is 8.20. The van der Waals surface area contributed by atoms with Crippen LogP contribution in [0, 0.1) is 5.92 Å². The van der Waals surface area contributed by atoms with Gasteiger partial charge in [-0.1, -0.05) is 18.2 Å². The number of aromatic nitrogens is 2. The van der Waals surface area contributed by atoms with E-state index < -0.39 is 17.2 Å². The van der Waals surface area contributed by atoms with Crippen LogP contribution in [0.1, 0.15) is 47.3 Å². The van der Waals surface area contributed by atoms with Gasteiger partial charge in [0.05, 0.1) is 17.8 Å². The van der Waals surface area contributed by atoms with Gasteiger partial charge in [-0.05, 0) is 37.3 Å². The number of likely N-dealkylation sites (tertiary alicyclic amines) is 1. The maximum absolute atomic E-state index is 13.5. The predicted octanol–water partition coefficient (Wildman–Crippen LogP) is 3.69. The van der Waals surface area contributed by atoms with Gasteiger partial charge in [-0.25, -0.2) is 4.68 Å². The SMILES string of the molecule is CC1CCNc2c(C(=O)N3CC4CC4(c4ccccc4C(F)(F)F)C3)cnn21. The van der Waals surface area contributed by atoms with Crippen LogP contribution in [0.2, 0.25) is 0 Å². The number of nitrogens with zero attached hydrogens (tertiary/aromatic N) is 3. The van der Waals surface area contributed by atoms with Crippen molar-refractivity contribution in [2.45, 2.75) is 37.4 Å².